The Morgan fingerprint density at radius 1 is 1.22 bits per heavy atom. The third-order valence-corrected chi connectivity index (χ3v) is 5.52. The third kappa shape index (κ3) is 4.33. The van der Waals surface area contributed by atoms with E-state index in [1.165, 1.54) is 12.5 Å². The fourth-order valence-electron chi connectivity index (χ4n) is 3.97. The number of hydrogen-bond acceptors (Lipinski definition) is 5. The van der Waals surface area contributed by atoms with E-state index in [0.717, 1.165) is 12.1 Å². The molecule has 1 aliphatic heterocycles. The van der Waals surface area contributed by atoms with Crippen molar-refractivity contribution in [2.24, 2.45) is 0 Å². The minimum absolute atomic E-state index is 0.0265. The van der Waals surface area contributed by atoms with Gasteiger partial charge in [-0.25, -0.2) is 14.4 Å². The zero-order valence-electron chi connectivity index (χ0n) is 16.7. The molecule has 32 heavy (non-hydrogen) atoms. The smallest absolute Gasteiger partial charge is 0.387 e. The number of carbonyl (C=O) groups excluding carboxylic acids is 1. The number of nitrogens with one attached hydrogen (secondary N) is 1. The first kappa shape index (κ1) is 21.9. The first-order chi connectivity index (χ1) is 15.3. The minimum Gasteiger partial charge on any atom is -0.387 e. The van der Waals surface area contributed by atoms with E-state index in [1.54, 1.807) is 11.0 Å². The Morgan fingerprint density at radius 2 is 1.97 bits per heavy atom. The van der Waals surface area contributed by atoms with Crippen molar-refractivity contribution in [2.75, 3.05) is 19.7 Å². The van der Waals surface area contributed by atoms with Crippen LogP contribution in [-0.4, -0.2) is 55.8 Å². The number of aromatic amines is 1. The highest BCUT2D eigenvalue weighted by Gasteiger charge is 2.33. The van der Waals surface area contributed by atoms with Crippen molar-refractivity contribution in [3.63, 3.8) is 0 Å². The summed E-state index contributed by atoms with van der Waals surface area (Å²) in [6, 6.07) is 3.90. The van der Waals surface area contributed by atoms with Gasteiger partial charge in [-0.3, -0.25) is 9.89 Å². The number of likely N-dealkylation sites (tertiary alicyclic amines) is 1. The van der Waals surface area contributed by atoms with Crippen LogP contribution in [0, 0.1) is 5.82 Å². The van der Waals surface area contributed by atoms with Crippen LogP contribution in [0.15, 0.2) is 36.8 Å². The largest absolute Gasteiger partial charge is 0.416 e. The number of H-pyrrole nitrogens is 1. The fraction of sp³-hybridized carbons (Fsp3) is 0.333. The molecule has 2 N–H and O–H groups in total. The molecular weight excluding hydrogens is 430 g/mol. The van der Waals surface area contributed by atoms with Gasteiger partial charge in [0.15, 0.2) is 0 Å². The van der Waals surface area contributed by atoms with Gasteiger partial charge in [0.1, 0.15) is 24.4 Å². The number of aliphatic hydroxyl groups excluding tert-OH is 1. The van der Waals surface area contributed by atoms with E-state index < -0.39 is 24.2 Å². The zero-order chi connectivity index (χ0) is 22.9. The predicted molar refractivity (Wildman–Crippen MR) is 106 cm³/mol. The van der Waals surface area contributed by atoms with E-state index in [-0.39, 0.29) is 23.1 Å². The second-order valence-corrected chi connectivity index (χ2v) is 7.50. The summed E-state index contributed by atoms with van der Waals surface area (Å²) in [7, 11) is 0. The maximum absolute atomic E-state index is 14.1. The number of hydrogen-bond donors (Lipinski definition) is 2. The average Bonchev–Trinajstić information content (AvgIpc) is 3.23. The molecular formula is C21H19F4N5O2. The Kier molecular flexibility index (Phi) is 5.92. The molecule has 0 saturated carbocycles. The van der Waals surface area contributed by atoms with Gasteiger partial charge in [-0.15, -0.1) is 0 Å². The molecule has 0 atom stereocenters. The summed E-state index contributed by atoms with van der Waals surface area (Å²) >= 11 is 0. The Balaban J connectivity index is 1.77. The van der Waals surface area contributed by atoms with E-state index in [1.807, 2.05) is 0 Å². The Hall–Kier alpha value is -3.34. The summed E-state index contributed by atoms with van der Waals surface area (Å²) in [4.78, 5) is 21.4. The van der Waals surface area contributed by atoms with E-state index >= 15 is 0 Å². The summed E-state index contributed by atoms with van der Waals surface area (Å²) < 4.78 is 53.8. The number of alkyl halides is 3. The van der Waals surface area contributed by atoms with Crippen molar-refractivity contribution in [3.8, 4) is 22.5 Å². The van der Waals surface area contributed by atoms with Gasteiger partial charge in [-0.1, -0.05) is 0 Å². The van der Waals surface area contributed by atoms with Crippen LogP contribution in [0.2, 0.25) is 0 Å². The lowest BCUT2D eigenvalue weighted by Gasteiger charge is -2.31. The predicted octanol–water partition coefficient (Wildman–Crippen LogP) is 3.39. The van der Waals surface area contributed by atoms with Gasteiger partial charge in [0.05, 0.1) is 11.3 Å². The molecule has 0 aliphatic carbocycles. The molecule has 1 amide bonds. The monoisotopic (exact) mass is 449 g/mol. The van der Waals surface area contributed by atoms with Crippen LogP contribution in [0.3, 0.4) is 0 Å². The van der Waals surface area contributed by atoms with E-state index in [4.69, 9.17) is 5.11 Å². The Labute approximate surface area is 180 Å². The summed E-state index contributed by atoms with van der Waals surface area (Å²) in [5, 5.41) is 16.2. The Morgan fingerprint density at radius 3 is 2.59 bits per heavy atom. The van der Waals surface area contributed by atoms with Gasteiger partial charge in [0.25, 0.3) is 0 Å². The van der Waals surface area contributed by atoms with Crippen LogP contribution < -0.4 is 0 Å². The van der Waals surface area contributed by atoms with Crippen LogP contribution in [-0.2, 0) is 11.0 Å². The minimum atomic E-state index is -4.71. The molecule has 168 valence electrons. The van der Waals surface area contributed by atoms with Crippen molar-refractivity contribution in [3.05, 3.63) is 53.9 Å². The third-order valence-electron chi connectivity index (χ3n) is 5.52. The highest BCUT2D eigenvalue weighted by atomic mass is 19.4. The molecule has 1 saturated heterocycles. The van der Waals surface area contributed by atoms with Gasteiger partial charge in [-0.2, -0.15) is 18.3 Å². The molecule has 0 unspecified atom stereocenters. The second-order valence-electron chi connectivity index (χ2n) is 7.50. The van der Waals surface area contributed by atoms with Crippen LogP contribution in [0.4, 0.5) is 17.6 Å². The molecule has 4 rings (SSSR count). The van der Waals surface area contributed by atoms with E-state index in [0.29, 0.717) is 48.9 Å². The molecule has 1 fully saturated rings. The lowest BCUT2D eigenvalue weighted by molar-refractivity contribution is -0.137. The lowest BCUT2D eigenvalue weighted by Crippen LogP contribution is -2.39. The van der Waals surface area contributed by atoms with Crippen molar-refractivity contribution in [1.82, 2.24) is 25.1 Å². The zero-order valence-corrected chi connectivity index (χ0v) is 16.7. The van der Waals surface area contributed by atoms with Crippen molar-refractivity contribution < 1.29 is 27.5 Å². The molecule has 7 nitrogen and oxygen atoms in total. The summed E-state index contributed by atoms with van der Waals surface area (Å²) in [6.45, 7) is 0.270. The summed E-state index contributed by atoms with van der Waals surface area (Å²) in [5.74, 6) is -1.47. The van der Waals surface area contributed by atoms with Crippen LogP contribution in [0.5, 0.6) is 0 Å². The van der Waals surface area contributed by atoms with Crippen molar-refractivity contribution >= 4 is 5.91 Å². The Bertz CT molecular complexity index is 1110. The maximum atomic E-state index is 14.1. The molecule has 3 heterocycles. The van der Waals surface area contributed by atoms with E-state index in [2.05, 4.69) is 20.2 Å². The number of piperidine rings is 1. The average molecular weight is 449 g/mol. The maximum Gasteiger partial charge on any atom is 0.416 e. The standard InChI is InChI=1S/C21H19F4N5O2/c22-15-8-13(7-14(9-15)21(23,24)25)20-18(16-1-4-26-11-27-16)19(28-29-20)12-2-5-30(6-3-12)17(32)10-31/h1,4,7-9,11-12,31H,2-3,5-6,10H2,(H,28,29). The van der Waals surface area contributed by atoms with Crippen molar-refractivity contribution in [2.45, 2.75) is 24.9 Å². The fourth-order valence-corrected chi connectivity index (χ4v) is 3.97. The number of carbonyl (C=O) groups is 1. The van der Waals surface area contributed by atoms with Crippen LogP contribution in [0.25, 0.3) is 22.5 Å². The number of nitrogens with zero attached hydrogens (tertiary/aromatic N) is 4. The van der Waals surface area contributed by atoms with Crippen LogP contribution in [0.1, 0.15) is 30.0 Å². The number of benzene rings is 1. The van der Waals surface area contributed by atoms with Gasteiger partial charge in [0, 0.05) is 42.0 Å². The van der Waals surface area contributed by atoms with Gasteiger partial charge in [-0.05, 0) is 37.1 Å². The molecule has 0 radical (unpaired) electrons. The number of rotatable bonds is 4. The molecule has 1 aliphatic rings. The quantitative estimate of drug-likeness (QED) is 0.596. The number of halogens is 4. The number of aromatic nitrogens is 4. The van der Waals surface area contributed by atoms with E-state index in [9.17, 15) is 22.4 Å². The first-order valence-corrected chi connectivity index (χ1v) is 9.89. The SMILES string of the molecule is O=C(CO)N1CCC(c2[nH]nc(-c3cc(F)cc(C(F)(F)F)c3)c2-c2ccncn2)CC1. The highest BCUT2D eigenvalue weighted by molar-refractivity contribution is 5.81. The molecule has 11 heteroatoms. The van der Waals surface area contributed by atoms with Gasteiger partial charge < -0.3 is 10.0 Å². The lowest BCUT2D eigenvalue weighted by atomic mass is 9.88. The molecule has 2 aromatic heterocycles. The normalized spacial score (nSPS) is 15.2. The number of aliphatic hydroxyl groups is 1. The first-order valence-electron chi connectivity index (χ1n) is 9.89. The molecule has 3 aromatic rings. The number of amides is 1. The molecule has 0 bridgehead atoms. The summed E-state index contributed by atoms with van der Waals surface area (Å²) in [5.41, 5.74) is 0.566. The summed E-state index contributed by atoms with van der Waals surface area (Å²) in [6.07, 6.45) is -0.786. The van der Waals surface area contributed by atoms with Crippen LogP contribution >= 0.6 is 0 Å². The van der Waals surface area contributed by atoms with Gasteiger partial charge in [0.2, 0.25) is 5.91 Å². The topological polar surface area (TPSA) is 95.0 Å². The van der Waals surface area contributed by atoms with Gasteiger partial charge >= 0.3 is 6.18 Å². The molecule has 1 aromatic carbocycles. The second kappa shape index (κ2) is 8.65. The van der Waals surface area contributed by atoms with Crippen molar-refractivity contribution in [1.29, 1.82) is 0 Å². The highest BCUT2D eigenvalue weighted by Crippen LogP contribution is 2.40. The molecule has 0 spiro atoms.